The molecule has 0 saturated carbocycles. The first-order chi connectivity index (χ1) is 7.09. The Morgan fingerprint density at radius 2 is 1.73 bits per heavy atom. The second kappa shape index (κ2) is 4.29. The van der Waals surface area contributed by atoms with E-state index in [9.17, 15) is 13.2 Å². The van der Waals surface area contributed by atoms with Crippen LogP contribution in [0.2, 0.25) is 0 Å². The average molecular weight is 222 g/mol. The summed E-state index contributed by atoms with van der Waals surface area (Å²) in [6, 6.07) is -1.04. The van der Waals surface area contributed by atoms with E-state index in [0.29, 0.717) is 13.0 Å². The van der Waals surface area contributed by atoms with Crippen LogP contribution in [0.3, 0.4) is 0 Å². The average Bonchev–Trinajstić information content (AvgIpc) is 2.67. The minimum atomic E-state index is -4.04. The maximum Gasteiger partial charge on any atom is 0.404 e. The minimum Gasteiger partial charge on any atom is -0.317 e. The van der Waals surface area contributed by atoms with Gasteiger partial charge in [0.05, 0.1) is 0 Å². The third-order valence-corrected chi connectivity index (χ3v) is 3.45. The van der Waals surface area contributed by atoms with Crippen molar-refractivity contribution in [3.8, 4) is 0 Å². The summed E-state index contributed by atoms with van der Waals surface area (Å²) in [6.07, 6.45) is -1.36. The number of nitrogens with one attached hydrogen (secondary N) is 1. The fourth-order valence-corrected chi connectivity index (χ4v) is 2.72. The molecule has 88 valence electrons. The number of hydrogen-bond donors (Lipinski definition) is 1. The largest absolute Gasteiger partial charge is 0.404 e. The summed E-state index contributed by atoms with van der Waals surface area (Å²) >= 11 is 0. The van der Waals surface area contributed by atoms with Crippen LogP contribution < -0.4 is 5.32 Å². The summed E-state index contributed by atoms with van der Waals surface area (Å²) in [5.74, 6) is 0. The lowest BCUT2D eigenvalue weighted by Crippen LogP contribution is -2.50. The number of likely N-dealkylation sites (tertiary alicyclic amines) is 1. The molecular weight excluding hydrogens is 205 g/mol. The first-order valence-corrected chi connectivity index (χ1v) is 5.62. The van der Waals surface area contributed by atoms with Gasteiger partial charge in [0.25, 0.3) is 0 Å². The number of halogens is 3. The predicted molar refractivity (Wildman–Crippen MR) is 51.7 cm³/mol. The molecule has 2 aliphatic rings. The van der Waals surface area contributed by atoms with Gasteiger partial charge >= 0.3 is 6.18 Å². The number of alkyl halides is 3. The quantitative estimate of drug-likeness (QED) is 0.727. The number of nitrogens with zero attached hydrogens (tertiary/aromatic N) is 1. The third-order valence-electron chi connectivity index (χ3n) is 3.45. The van der Waals surface area contributed by atoms with E-state index in [2.05, 4.69) is 5.32 Å². The topological polar surface area (TPSA) is 15.3 Å². The highest BCUT2D eigenvalue weighted by molar-refractivity contribution is 4.90. The molecular formula is C10H17F3N2. The van der Waals surface area contributed by atoms with Gasteiger partial charge in [-0.05, 0) is 45.3 Å². The lowest BCUT2D eigenvalue weighted by Gasteiger charge is -2.36. The van der Waals surface area contributed by atoms with Gasteiger partial charge in [-0.3, -0.25) is 4.90 Å². The van der Waals surface area contributed by atoms with Crippen LogP contribution in [0.25, 0.3) is 0 Å². The summed E-state index contributed by atoms with van der Waals surface area (Å²) in [5, 5.41) is 3.18. The highest BCUT2D eigenvalue weighted by Crippen LogP contribution is 2.35. The van der Waals surface area contributed by atoms with Crippen molar-refractivity contribution >= 4 is 0 Å². The third kappa shape index (κ3) is 2.45. The van der Waals surface area contributed by atoms with Gasteiger partial charge in [-0.2, -0.15) is 13.2 Å². The molecule has 0 amide bonds. The van der Waals surface area contributed by atoms with Crippen LogP contribution in [0, 0.1) is 0 Å². The van der Waals surface area contributed by atoms with Crippen LogP contribution in [0.1, 0.15) is 25.7 Å². The predicted octanol–water partition coefficient (Wildman–Crippen LogP) is 1.77. The molecule has 0 radical (unpaired) electrons. The molecule has 15 heavy (non-hydrogen) atoms. The molecule has 2 saturated heterocycles. The SMILES string of the molecule is FC(F)(F)[C@@H]1CCCN1C1CCNCC1. The van der Waals surface area contributed by atoms with E-state index in [1.807, 2.05) is 0 Å². The Kier molecular flexibility index (Phi) is 3.21. The van der Waals surface area contributed by atoms with Crippen LogP contribution in [0.5, 0.6) is 0 Å². The summed E-state index contributed by atoms with van der Waals surface area (Å²) < 4.78 is 38.1. The monoisotopic (exact) mass is 222 g/mol. The zero-order valence-corrected chi connectivity index (χ0v) is 8.69. The van der Waals surface area contributed by atoms with E-state index in [1.165, 1.54) is 0 Å². The van der Waals surface area contributed by atoms with Crippen molar-refractivity contribution in [2.45, 2.75) is 43.9 Å². The number of piperidine rings is 1. The van der Waals surface area contributed by atoms with E-state index in [-0.39, 0.29) is 12.5 Å². The lowest BCUT2D eigenvalue weighted by atomic mass is 10.0. The van der Waals surface area contributed by atoms with Crippen molar-refractivity contribution in [2.75, 3.05) is 19.6 Å². The van der Waals surface area contributed by atoms with Crippen LogP contribution in [-0.4, -0.2) is 42.8 Å². The van der Waals surface area contributed by atoms with Gasteiger partial charge in [-0.1, -0.05) is 0 Å². The molecule has 1 atom stereocenters. The molecule has 2 fully saturated rings. The van der Waals surface area contributed by atoms with Gasteiger partial charge in [0.2, 0.25) is 0 Å². The normalized spacial score (nSPS) is 31.0. The molecule has 2 rings (SSSR count). The van der Waals surface area contributed by atoms with Crippen molar-refractivity contribution in [2.24, 2.45) is 0 Å². The van der Waals surface area contributed by atoms with Crippen LogP contribution in [0.4, 0.5) is 13.2 Å². The Morgan fingerprint density at radius 3 is 2.33 bits per heavy atom. The maximum atomic E-state index is 12.7. The van der Waals surface area contributed by atoms with Crippen molar-refractivity contribution in [3.05, 3.63) is 0 Å². The molecule has 0 aromatic carbocycles. The molecule has 2 heterocycles. The lowest BCUT2D eigenvalue weighted by molar-refractivity contribution is -0.182. The standard InChI is InChI=1S/C10H17F3N2/c11-10(12,13)9-2-1-7-15(9)8-3-5-14-6-4-8/h8-9,14H,1-7H2/t9-/m0/s1. The van der Waals surface area contributed by atoms with Crippen molar-refractivity contribution in [3.63, 3.8) is 0 Å². The highest BCUT2D eigenvalue weighted by Gasteiger charge is 2.47. The molecule has 0 bridgehead atoms. The van der Waals surface area contributed by atoms with Crippen LogP contribution in [-0.2, 0) is 0 Å². The molecule has 0 aliphatic carbocycles. The van der Waals surface area contributed by atoms with E-state index in [0.717, 1.165) is 25.9 Å². The fourth-order valence-electron chi connectivity index (χ4n) is 2.72. The minimum absolute atomic E-state index is 0.139. The van der Waals surface area contributed by atoms with E-state index in [4.69, 9.17) is 0 Å². The van der Waals surface area contributed by atoms with Crippen LogP contribution >= 0.6 is 0 Å². The summed E-state index contributed by atoms with van der Waals surface area (Å²) in [7, 11) is 0. The highest BCUT2D eigenvalue weighted by atomic mass is 19.4. The first-order valence-electron chi connectivity index (χ1n) is 5.62. The Bertz CT molecular complexity index is 211. The summed E-state index contributed by atoms with van der Waals surface area (Å²) in [4.78, 5) is 1.68. The van der Waals surface area contributed by atoms with Gasteiger partial charge in [0, 0.05) is 6.04 Å². The summed E-state index contributed by atoms with van der Waals surface area (Å²) in [6.45, 7) is 2.33. The van der Waals surface area contributed by atoms with E-state index in [1.54, 1.807) is 4.90 Å². The molecule has 0 spiro atoms. The zero-order chi connectivity index (χ0) is 10.9. The van der Waals surface area contributed by atoms with Crippen molar-refractivity contribution in [1.82, 2.24) is 10.2 Å². The fraction of sp³-hybridized carbons (Fsp3) is 1.00. The Labute approximate surface area is 87.8 Å². The first kappa shape index (κ1) is 11.2. The van der Waals surface area contributed by atoms with Gasteiger partial charge in [0.15, 0.2) is 0 Å². The number of rotatable bonds is 1. The van der Waals surface area contributed by atoms with Gasteiger partial charge < -0.3 is 5.32 Å². The molecule has 5 heteroatoms. The van der Waals surface area contributed by atoms with Gasteiger partial charge in [-0.25, -0.2) is 0 Å². The van der Waals surface area contributed by atoms with Crippen molar-refractivity contribution < 1.29 is 13.2 Å². The Balaban J connectivity index is 2.00. The van der Waals surface area contributed by atoms with Crippen molar-refractivity contribution in [1.29, 1.82) is 0 Å². The second-order valence-corrected chi connectivity index (χ2v) is 4.42. The Morgan fingerprint density at radius 1 is 1.07 bits per heavy atom. The smallest absolute Gasteiger partial charge is 0.317 e. The van der Waals surface area contributed by atoms with Gasteiger partial charge in [0.1, 0.15) is 6.04 Å². The molecule has 0 unspecified atom stereocenters. The maximum absolute atomic E-state index is 12.7. The zero-order valence-electron chi connectivity index (χ0n) is 8.69. The number of hydrogen-bond acceptors (Lipinski definition) is 2. The molecule has 2 nitrogen and oxygen atoms in total. The van der Waals surface area contributed by atoms with E-state index < -0.39 is 12.2 Å². The van der Waals surface area contributed by atoms with Gasteiger partial charge in [-0.15, -0.1) is 0 Å². The van der Waals surface area contributed by atoms with E-state index >= 15 is 0 Å². The second-order valence-electron chi connectivity index (χ2n) is 4.42. The molecule has 2 aliphatic heterocycles. The molecule has 0 aromatic rings. The molecule has 0 aromatic heterocycles. The summed E-state index contributed by atoms with van der Waals surface area (Å²) in [5.41, 5.74) is 0. The Hall–Kier alpha value is -0.290. The molecule has 1 N–H and O–H groups in total. The van der Waals surface area contributed by atoms with Crippen LogP contribution in [0.15, 0.2) is 0 Å².